The Labute approximate surface area is 86.9 Å². The van der Waals surface area contributed by atoms with Gasteiger partial charge in [0.15, 0.2) is 0 Å². The number of hydrogen-bond donors (Lipinski definition) is 1. The summed E-state index contributed by atoms with van der Waals surface area (Å²) in [5.41, 5.74) is 6.39. The molecule has 0 aliphatic heterocycles. The van der Waals surface area contributed by atoms with E-state index < -0.39 is 0 Å². The molecule has 0 bridgehead atoms. The first-order valence-corrected chi connectivity index (χ1v) is 5.44. The third kappa shape index (κ3) is 2.94. The van der Waals surface area contributed by atoms with Gasteiger partial charge in [-0.2, -0.15) is 0 Å². The second kappa shape index (κ2) is 5.10. The maximum absolute atomic E-state index is 6.17. The van der Waals surface area contributed by atoms with E-state index in [0.717, 1.165) is 6.42 Å². The van der Waals surface area contributed by atoms with Crippen molar-refractivity contribution in [1.29, 1.82) is 0 Å². The van der Waals surface area contributed by atoms with Crippen LogP contribution in [-0.2, 0) is 9.47 Å². The molecule has 84 valence electrons. The zero-order valence-electron chi connectivity index (χ0n) is 9.58. The summed E-state index contributed by atoms with van der Waals surface area (Å²) in [4.78, 5) is 0. The van der Waals surface area contributed by atoms with Crippen LogP contribution in [0.25, 0.3) is 0 Å². The van der Waals surface area contributed by atoms with Gasteiger partial charge in [0.25, 0.3) is 0 Å². The minimum absolute atomic E-state index is 0.160. The summed E-state index contributed by atoms with van der Waals surface area (Å²) in [6.07, 6.45) is 3.74. The molecule has 14 heavy (non-hydrogen) atoms. The molecule has 2 atom stereocenters. The molecule has 0 saturated heterocycles. The average molecular weight is 201 g/mol. The van der Waals surface area contributed by atoms with Gasteiger partial charge in [-0.25, -0.2) is 0 Å². The summed E-state index contributed by atoms with van der Waals surface area (Å²) in [5, 5.41) is 0. The summed E-state index contributed by atoms with van der Waals surface area (Å²) < 4.78 is 10.7. The first kappa shape index (κ1) is 12.0. The molecule has 0 aromatic carbocycles. The van der Waals surface area contributed by atoms with E-state index in [-0.39, 0.29) is 17.6 Å². The minimum Gasteiger partial charge on any atom is -0.382 e. The molecule has 0 amide bonds. The third-order valence-corrected chi connectivity index (χ3v) is 3.23. The Bertz CT molecular complexity index is 171. The van der Waals surface area contributed by atoms with Crippen molar-refractivity contribution in [3.05, 3.63) is 0 Å². The van der Waals surface area contributed by atoms with E-state index in [2.05, 4.69) is 13.8 Å². The molecule has 1 rings (SSSR count). The van der Waals surface area contributed by atoms with Crippen LogP contribution in [0, 0.1) is 5.41 Å². The van der Waals surface area contributed by atoms with Gasteiger partial charge in [-0.15, -0.1) is 0 Å². The van der Waals surface area contributed by atoms with Crippen LogP contribution in [-0.4, -0.2) is 32.5 Å². The van der Waals surface area contributed by atoms with Crippen molar-refractivity contribution in [2.75, 3.05) is 20.3 Å². The summed E-state index contributed by atoms with van der Waals surface area (Å²) in [6.45, 7) is 5.77. The van der Waals surface area contributed by atoms with Crippen LogP contribution < -0.4 is 5.73 Å². The van der Waals surface area contributed by atoms with E-state index in [1.807, 2.05) is 0 Å². The molecule has 2 N–H and O–H groups in total. The molecular formula is C11H23NO2. The number of hydrogen-bond acceptors (Lipinski definition) is 3. The van der Waals surface area contributed by atoms with Gasteiger partial charge in [0.1, 0.15) is 0 Å². The van der Waals surface area contributed by atoms with E-state index in [4.69, 9.17) is 15.2 Å². The van der Waals surface area contributed by atoms with Crippen LogP contribution in [0.3, 0.4) is 0 Å². The lowest BCUT2D eigenvalue weighted by molar-refractivity contribution is -0.0406. The molecule has 1 fully saturated rings. The number of nitrogens with two attached hydrogens (primary N) is 1. The lowest BCUT2D eigenvalue weighted by atomic mass is 9.72. The molecule has 3 heteroatoms. The van der Waals surface area contributed by atoms with Crippen molar-refractivity contribution in [3.8, 4) is 0 Å². The van der Waals surface area contributed by atoms with Gasteiger partial charge in [0, 0.05) is 13.2 Å². The van der Waals surface area contributed by atoms with Gasteiger partial charge >= 0.3 is 0 Å². The summed E-state index contributed by atoms with van der Waals surface area (Å²) in [6, 6.07) is 0.160. The summed E-state index contributed by atoms with van der Waals surface area (Å²) >= 11 is 0. The molecule has 3 nitrogen and oxygen atoms in total. The van der Waals surface area contributed by atoms with Crippen molar-refractivity contribution in [1.82, 2.24) is 0 Å². The van der Waals surface area contributed by atoms with Gasteiger partial charge in [-0.05, 0) is 18.3 Å². The summed E-state index contributed by atoms with van der Waals surface area (Å²) in [5.74, 6) is 0. The monoisotopic (exact) mass is 201 g/mol. The first-order chi connectivity index (χ1) is 6.58. The van der Waals surface area contributed by atoms with Crippen LogP contribution in [0.4, 0.5) is 0 Å². The number of rotatable bonds is 4. The molecule has 0 heterocycles. The fourth-order valence-electron chi connectivity index (χ4n) is 2.08. The molecule has 1 aliphatic rings. The van der Waals surface area contributed by atoms with Gasteiger partial charge in [0.2, 0.25) is 0 Å². The topological polar surface area (TPSA) is 44.5 Å². The van der Waals surface area contributed by atoms with Gasteiger partial charge in [-0.3, -0.25) is 0 Å². The molecule has 1 aliphatic carbocycles. The maximum Gasteiger partial charge on any atom is 0.0732 e. The highest BCUT2D eigenvalue weighted by Crippen LogP contribution is 2.35. The van der Waals surface area contributed by atoms with Crippen molar-refractivity contribution < 1.29 is 9.47 Å². The Morgan fingerprint density at radius 3 is 2.71 bits per heavy atom. The van der Waals surface area contributed by atoms with Crippen molar-refractivity contribution >= 4 is 0 Å². The maximum atomic E-state index is 6.17. The Morgan fingerprint density at radius 2 is 2.07 bits per heavy atom. The highest BCUT2D eigenvalue weighted by molar-refractivity contribution is 4.91. The first-order valence-electron chi connectivity index (χ1n) is 5.44. The molecule has 1 saturated carbocycles. The fourth-order valence-corrected chi connectivity index (χ4v) is 2.08. The van der Waals surface area contributed by atoms with Gasteiger partial charge < -0.3 is 15.2 Å². The molecule has 0 aromatic heterocycles. The molecule has 0 spiro atoms. The third-order valence-electron chi connectivity index (χ3n) is 3.23. The molecule has 0 aromatic rings. The molecular weight excluding hydrogens is 178 g/mol. The Kier molecular flexibility index (Phi) is 4.35. The second-order valence-electron chi connectivity index (χ2n) is 4.81. The van der Waals surface area contributed by atoms with E-state index in [1.165, 1.54) is 12.8 Å². The van der Waals surface area contributed by atoms with E-state index in [0.29, 0.717) is 13.2 Å². The van der Waals surface area contributed by atoms with E-state index >= 15 is 0 Å². The number of methoxy groups -OCH3 is 1. The largest absolute Gasteiger partial charge is 0.382 e. The average Bonchev–Trinajstić information content (AvgIpc) is 2.13. The fraction of sp³-hybridized carbons (Fsp3) is 1.00. The Morgan fingerprint density at radius 1 is 1.36 bits per heavy atom. The highest BCUT2D eigenvalue weighted by atomic mass is 16.5. The van der Waals surface area contributed by atoms with E-state index in [1.54, 1.807) is 7.11 Å². The zero-order valence-corrected chi connectivity index (χ0v) is 9.58. The predicted octanol–water partition coefficient (Wildman–Crippen LogP) is 1.56. The van der Waals surface area contributed by atoms with Gasteiger partial charge in [0.05, 0.1) is 19.3 Å². The smallest absolute Gasteiger partial charge is 0.0732 e. The standard InChI is InChI=1S/C11H23NO2/c1-11(2)6-4-5-9(10(11)12)14-8-7-13-3/h9-10H,4-8,12H2,1-3H3. The van der Waals surface area contributed by atoms with Crippen molar-refractivity contribution in [3.63, 3.8) is 0 Å². The van der Waals surface area contributed by atoms with Crippen LogP contribution in [0.5, 0.6) is 0 Å². The molecule has 2 unspecified atom stereocenters. The second-order valence-corrected chi connectivity index (χ2v) is 4.81. The predicted molar refractivity (Wildman–Crippen MR) is 57.2 cm³/mol. The van der Waals surface area contributed by atoms with Crippen molar-refractivity contribution in [2.45, 2.75) is 45.3 Å². The SMILES string of the molecule is COCCOC1CCCC(C)(C)C1N. The van der Waals surface area contributed by atoms with Crippen molar-refractivity contribution in [2.24, 2.45) is 11.1 Å². The lowest BCUT2D eigenvalue weighted by Crippen LogP contribution is -2.50. The minimum atomic E-state index is 0.160. The lowest BCUT2D eigenvalue weighted by Gasteiger charge is -2.41. The van der Waals surface area contributed by atoms with E-state index in [9.17, 15) is 0 Å². The Balaban J connectivity index is 2.36. The zero-order chi connectivity index (χ0) is 10.6. The number of ether oxygens (including phenoxy) is 2. The van der Waals surface area contributed by atoms with Crippen LogP contribution in [0.1, 0.15) is 33.1 Å². The highest BCUT2D eigenvalue weighted by Gasteiger charge is 2.36. The normalized spacial score (nSPS) is 31.7. The van der Waals surface area contributed by atoms with Gasteiger partial charge in [-0.1, -0.05) is 20.3 Å². The quantitative estimate of drug-likeness (QED) is 0.702. The Hall–Kier alpha value is -0.120. The summed E-state index contributed by atoms with van der Waals surface area (Å²) in [7, 11) is 1.69. The van der Waals surface area contributed by atoms with Crippen LogP contribution in [0.2, 0.25) is 0 Å². The van der Waals surface area contributed by atoms with Crippen LogP contribution >= 0.6 is 0 Å². The molecule has 0 radical (unpaired) electrons. The van der Waals surface area contributed by atoms with Crippen LogP contribution in [0.15, 0.2) is 0 Å².